The summed E-state index contributed by atoms with van der Waals surface area (Å²) in [4.78, 5) is 14.4. The molecule has 1 saturated heterocycles. The van der Waals surface area contributed by atoms with Crippen LogP contribution >= 0.6 is 0 Å². The van der Waals surface area contributed by atoms with Crippen LogP contribution in [0.1, 0.15) is 56.7 Å². The lowest BCUT2D eigenvalue weighted by atomic mass is 9.92. The van der Waals surface area contributed by atoms with E-state index < -0.39 is 5.60 Å². The Bertz CT molecular complexity index is 679. The molecule has 0 radical (unpaired) electrons. The zero-order valence-electron chi connectivity index (χ0n) is 15.1. The topological polar surface area (TPSA) is 29.5 Å². The van der Waals surface area contributed by atoms with Gasteiger partial charge >= 0.3 is 6.09 Å². The minimum atomic E-state index is -0.480. The molecule has 4 heteroatoms. The van der Waals surface area contributed by atoms with Gasteiger partial charge in [-0.25, -0.2) is 9.18 Å². The molecule has 0 aromatic heterocycles. The maximum absolute atomic E-state index is 13.9. The van der Waals surface area contributed by atoms with E-state index >= 15 is 0 Å². The van der Waals surface area contributed by atoms with Crippen molar-refractivity contribution < 1.29 is 13.9 Å². The van der Waals surface area contributed by atoms with Crippen LogP contribution in [-0.2, 0) is 4.74 Å². The summed E-state index contributed by atoms with van der Waals surface area (Å²) in [5.41, 5.74) is 3.16. The minimum absolute atomic E-state index is 0.0827. The van der Waals surface area contributed by atoms with Crippen LogP contribution < -0.4 is 0 Å². The molecule has 3 rings (SSSR count). The number of ether oxygens (including phenoxy) is 1. The lowest BCUT2D eigenvalue weighted by molar-refractivity contribution is 0.0175. The number of fused-ring (bicyclic) bond motifs is 2. The Balaban J connectivity index is 1.86. The van der Waals surface area contributed by atoms with Crippen molar-refractivity contribution >= 4 is 11.7 Å². The Morgan fingerprint density at radius 1 is 1.21 bits per heavy atom. The third-order valence-corrected chi connectivity index (χ3v) is 4.81. The number of aryl methyl sites for hydroxylation is 2. The normalized spacial score (nSPS) is 23.2. The van der Waals surface area contributed by atoms with Crippen molar-refractivity contribution in [2.45, 2.75) is 71.6 Å². The standard InChI is InChI=1S/C20H26FNO2/c1-12-8-14(9-13(2)18(12)21)15-10-16-6-7-17(11-15)22(16)19(23)24-20(3,4)5/h8-10,16-17H,6-7,11H2,1-5H3. The first-order chi connectivity index (χ1) is 11.2. The molecule has 2 aliphatic heterocycles. The van der Waals surface area contributed by atoms with Crippen LogP contribution in [0.4, 0.5) is 9.18 Å². The number of carbonyl (C=O) groups excluding carboxylic acids is 1. The predicted molar refractivity (Wildman–Crippen MR) is 93.4 cm³/mol. The average Bonchev–Trinajstić information content (AvgIpc) is 2.73. The van der Waals surface area contributed by atoms with Gasteiger partial charge in [-0.15, -0.1) is 0 Å². The molecule has 2 atom stereocenters. The van der Waals surface area contributed by atoms with Gasteiger partial charge in [0.25, 0.3) is 0 Å². The highest BCUT2D eigenvalue weighted by Gasteiger charge is 2.41. The number of carbonyl (C=O) groups is 1. The van der Waals surface area contributed by atoms with E-state index in [-0.39, 0.29) is 24.0 Å². The lowest BCUT2D eigenvalue weighted by Gasteiger charge is -2.35. The molecule has 0 aliphatic carbocycles. The van der Waals surface area contributed by atoms with Crippen LogP contribution in [0.5, 0.6) is 0 Å². The van der Waals surface area contributed by atoms with Gasteiger partial charge in [0.15, 0.2) is 0 Å². The molecular formula is C20H26FNO2. The van der Waals surface area contributed by atoms with Crippen molar-refractivity contribution in [3.05, 3.63) is 40.7 Å². The summed E-state index contributed by atoms with van der Waals surface area (Å²) in [5.74, 6) is -0.131. The molecule has 130 valence electrons. The number of hydrogen-bond acceptors (Lipinski definition) is 2. The van der Waals surface area contributed by atoms with Gasteiger partial charge in [0, 0.05) is 6.04 Å². The third-order valence-electron chi connectivity index (χ3n) is 4.81. The second kappa shape index (κ2) is 5.91. The largest absolute Gasteiger partial charge is 0.444 e. The van der Waals surface area contributed by atoms with Gasteiger partial charge in [0.2, 0.25) is 0 Å². The molecule has 2 heterocycles. The summed E-state index contributed by atoms with van der Waals surface area (Å²) < 4.78 is 19.4. The van der Waals surface area contributed by atoms with Crippen LogP contribution in [0.3, 0.4) is 0 Å². The van der Waals surface area contributed by atoms with Gasteiger partial charge in [-0.05, 0) is 88.3 Å². The van der Waals surface area contributed by atoms with Crippen molar-refractivity contribution in [2.75, 3.05) is 0 Å². The number of hydrogen-bond donors (Lipinski definition) is 0. The van der Waals surface area contributed by atoms with Crippen molar-refractivity contribution in [3.8, 4) is 0 Å². The molecule has 3 nitrogen and oxygen atoms in total. The van der Waals surface area contributed by atoms with E-state index in [4.69, 9.17) is 4.74 Å². The van der Waals surface area contributed by atoms with Gasteiger partial charge in [0.1, 0.15) is 11.4 Å². The SMILES string of the molecule is Cc1cc(C2=CC3CCC(C2)N3C(=O)OC(C)(C)C)cc(C)c1F. The fourth-order valence-corrected chi connectivity index (χ4v) is 3.77. The van der Waals surface area contributed by atoms with E-state index in [1.165, 1.54) is 5.57 Å². The molecule has 24 heavy (non-hydrogen) atoms. The summed E-state index contributed by atoms with van der Waals surface area (Å²) in [6.07, 6.45) is 4.70. The van der Waals surface area contributed by atoms with E-state index in [9.17, 15) is 9.18 Å². The Hall–Kier alpha value is -1.84. The fourth-order valence-electron chi connectivity index (χ4n) is 3.77. The highest BCUT2D eigenvalue weighted by molar-refractivity contribution is 5.75. The maximum Gasteiger partial charge on any atom is 0.411 e. The highest BCUT2D eigenvalue weighted by atomic mass is 19.1. The molecule has 2 aliphatic rings. The van der Waals surface area contributed by atoms with Crippen molar-refractivity contribution in [1.29, 1.82) is 0 Å². The van der Waals surface area contributed by atoms with E-state index in [2.05, 4.69) is 6.08 Å². The molecule has 1 aromatic rings. The smallest absolute Gasteiger partial charge is 0.411 e. The summed E-state index contributed by atoms with van der Waals surface area (Å²) >= 11 is 0. The van der Waals surface area contributed by atoms with Crippen LogP contribution in [0, 0.1) is 19.7 Å². The molecule has 1 fully saturated rings. The quantitative estimate of drug-likeness (QED) is 0.725. The van der Waals surface area contributed by atoms with Gasteiger partial charge in [-0.1, -0.05) is 6.08 Å². The van der Waals surface area contributed by atoms with Gasteiger partial charge in [-0.3, -0.25) is 4.90 Å². The zero-order valence-corrected chi connectivity index (χ0v) is 15.1. The van der Waals surface area contributed by atoms with Crippen LogP contribution in [0.15, 0.2) is 18.2 Å². The Labute approximate surface area is 143 Å². The van der Waals surface area contributed by atoms with E-state index in [1.54, 1.807) is 13.8 Å². The van der Waals surface area contributed by atoms with Crippen LogP contribution in [0.2, 0.25) is 0 Å². The first-order valence-electron chi connectivity index (χ1n) is 8.65. The predicted octanol–water partition coefficient (Wildman–Crippen LogP) is 5.00. The van der Waals surface area contributed by atoms with Crippen molar-refractivity contribution in [2.24, 2.45) is 0 Å². The monoisotopic (exact) mass is 331 g/mol. The van der Waals surface area contributed by atoms with Crippen LogP contribution in [0.25, 0.3) is 5.57 Å². The fraction of sp³-hybridized carbons (Fsp3) is 0.550. The average molecular weight is 331 g/mol. The molecule has 0 N–H and O–H groups in total. The number of amides is 1. The van der Waals surface area contributed by atoms with Crippen molar-refractivity contribution in [1.82, 2.24) is 4.90 Å². The minimum Gasteiger partial charge on any atom is -0.444 e. The van der Waals surface area contributed by atoms with Gasteiger partial charge in [0.05, 0.1) is 6.04 Å². The maximum atomic E-state index is 13.9. The van der Waals surface area contributed by atoms with Crippen LogP contribution in [-0.4, -0.2) is 28.7 Å². The number of rotatable bonds is 1. The second-order valence-corrected chi connectivity index (χ2v) is 8.01. The second-order valence-electron chi connectivity index (χ2n) is 8.01. The lowest BCUT2D eigenvalue weighted by Crippen LogP contribution is -2.45. The first-order valence-corrected chi connectivity index (χ1v) is 8.65. The Morgan fingerprint density at radius 3 is 2.38 bits per heavy atom. The number of nitrogens with zero attached hydrogens (tertiary/aromatic N) is 1. The van der Waals surface area contributed by atoms with E-state index in [1.807, 2.05) is 37.8 Å². The summed E-state index contributed by atoms with van der Waals surface area (Å²) in [5, 5.41) is 0. The summed E-state index contributed by atoms with van der Waals surface area (Å²) in [6.45, 7) is 9.28. The van der Waals surface area contributed by atoms with E-state index in [0.29, 0.717) is 11.1 Å². The molecule has 0 saturated carbocycles. The summed E-state index contributed by atoms with van der Waals surface area (Å²) in [6, 6.07) is 4.09. The van der Waals surface area contributed by atoms with Crippen molar-refractivity contribution in [3.63, 3.8) is 0 Å². The number of halogens is 1. The number of benzene rings is 1. The van der Waals surface area contributed by atoms with Gasteiger partial charge < -0.3 is 4.74 Å². The van der Waals surface area contributed by atoms with E-state index in [0.717, 1.165) is 24.8 Å². The molecule has 1 aromatic carbocycles. The third kappa shape index (κ3) is 3.19. The molecule has 0 spiro atoms. The Kier molecular flexibility index (Phi) is 4.18. The zero-order chi connectivity index (χ0) is 17.6. The van der Waals surface area contributed by atoms with Gasteiger partial charge in [-0.2, -0.15) is 0 Å². The Morgan fingerprint density at radius 2 is 1.83 bits per heavy atom. The molecule has 1 amide bonds. The highest BCUT2D eigenvalue weighted by Crippen LogP contribution is 2.39. The molecule has 2 bridgehead atoms. The first kappa shape index (κ1) is 17.0. The molecular weight excluding hydrogens is 305 g/mol. The molecule has 2 unspecified atom stereocenters. The summed E-state index contributed by atoms with van der Waals surface area (Å²) in [7, 11) is 0.